The van der Waals surface area contributed by atoms with Crippen LogP contribution in [0.1, 0.15) is 58.8 Å². The van der Waals surface area contributed by atoms with Crippen molar-refractivity contribution in [1.29, 1.82) is 0 Å². The fourth-order valence-corrected chi connectivity index (χ4v) is 2.34. The second-order valence-electron chi connectivity index (χ2n) is 4.75. The van der Waals surface area contributed by atoms with Crippen LogP contribution in [-0.2, 0) is 0 Å². The van der Waals surface area contributed by atoms with E-state index in [2.05, 4.69) is 23.7 Å². The van der Waals surface area contributed by atoms with Gasteiger partial charge in [0.15, 0.2) is 5.96 Å². The van der Waals surface area contributed by atoms with Gasteiger partial charge < -0.3 is 10.6 Å². The first-order chi connectivity index (χ1) is 7.79. The summed E-state index contributed by atoms with van der Waals surface area (Å²) in [7, 11) is 0. The lowest BCUT2D eigenvalue weighted by Crippen LogP contribution is -2.41. The molecule has 1 unspecified atom stereocenters. The zero-order valence-electron chi connectivity index (χ0n) is 10.9. The molecule has 0 amide bonds. The average Bonchev–Trinajstić information content (AvgIpc) is 2.61. The number of aliphatic imine (C=N–C) groups is 1. The summed E-state index contributed by atoms with van der Waals surface area (Å²) in [5.74, 6) is 0.772. The zero-order valence-corrected chi connectivity index (χ0v) is 10.9. The zero-order chi connectivity index (χ0) is 11.8. The maximum atomic E-state index is 5.92. The Morgan fingerprint density at radius 1 is 1.19 bits per heavy atom. The molecule has 0 spiro atoms. The lowest BCUT2D eigenvalue weighted by Gasteiger charge is -2.25. The van der Waals surface area contributed by atoms with E-state index in [9.17, 15) is 0 Å². The molecule has 0 bridgehead atoms. The fraction of sp³-hybridized carbons (Fsp3) is 0.923. The topological polar surface area (TPSA) is 41.6 Å². The van der Waals surface area contributed by atoms with Gasteiger partial charge >= 0.3 is 0 Å². The summed E-state index contributed by atoms with van der Waals surface area (Å²) in [5.41, 5.74) is 5.92. The summed E-state index contributed by atoms with van der Waals surface area (Å²) in [4.78, 5) is 6.67. The van der Waals surface area contributed by atoms with Crippen LogP contribution in [0.4, 0.5) is 0 Å². The van der Waals surface area contributed by atoms with Crippen molar-refractivity contribution < 1.29 is 0 Å². The molecule has 2 N–H and O–H groups in total. The number of hydrogen-bond acceptors (Lipinski definition) is 3. The van der Waals surface area contributed by atoms with Gasteiger partial charge in [-0.3, -0.25) is 4.99 Å². The predicted octanol–water partition coefficient (Wildman–Crippen LogP) is 2.76. The first kappa shape index (κ1) is 13.3. The number of guanidine groups is 1. The molecule has 0 aromatic rings. The third-order valence-electron chi connectivity index (χ3n) is 3.32. The van der Waals surface area contributed by atoms with Crippen LogP contribution < -0.4 is 5.73 Å². The van der Waals surface area contributed by atoms with Gasteiger partial charge in [-0.15, -0.1) is 0 Å². The second kappa shape index (κ2) is 7.53. The van der Waals surface area contributed by atoms with Gasteiger partial charge in [-0.05, 0) is 12.8 Å². The molecule has 1 rings (SSSR count). The molecule has 0 saturated heterocycles. The highest BCUT2D eigenvalue weighted by atomic mass is 15.3. The quantitative estimate of drug-likeness (QED) is 0.645. The van der Waals surface area contributed by atoms with Crippen molar-refractivity contribution >= 4 is 5.96 Å². The maximum absolute atomic E-state index is 5.92. The van der Waals surface area contributed by atoms with Crippen LogP contribution >= 0.6 is 0 Å². The van der Waals surface area contributed by atoms with E-state index in [1.165, 1.54) is 44.9 Å². The minimum absolute atomic E-state index is 0.580. The summed E-state index contributed by atoms with van der Waals surface area (Å²) < 4.78 is 0. The third-order valence-corrected chi connectivity index (χ3v) is 3.32. The van der Waals surface area contributed by atoms with Crippen LogP contribution in [0.25, 0.3) is 0 Å². The van der Waals surface area contributed by atoms with Crippen molar-refractivity contribution in [3.05, 3.63) is 0 Å². The smallest absolute Gasteiger partial charge is 0.191 e. The molecule has 0 aromatic carbocycles. The molecular formula is C13H27N3. The lowest BCUT2D eigenvalue weighted by atomic mass is 10.1. The molecule has 0 radical (unpaired) electrons. The number of unbranched alkanes of at least 4 members (excludes halogenated alkanes) is 4. The minimum atomic E-state index is 0.580. The van der Waals surface area contributed by atoms with Crippen molar-refractivity contribution in [3.8, 4) is 0 Å². The van der Waals surface area contributed by atoms with Gasteiger partial charge in [-0.1, -0.05) is 46.0 Å². The Kier molecular flexibility index (Phi) is 6.27. The molecule has 1 atom stereocenters. The van der Waals surface area contributed by atoms with Crippen LogP contribution in [0.3, 0.4) is 0 Å². The van der Waals surface area contributed by atoms with Crippen molar-refractivity contribution in [3.63, 3.8) is 0 Å². The summed E-state index contributed by atoms with van der Waals surface area (Å²) in [6.45, 7) is 6.49. The molecule has 1 heterocycles. The molecule has 16 heavy (non-hydrogen) atoms. The van der Waals surface area contributed by atoms with Crippen LogP contribution in [0.15, 0.2) is 4.99 Å². The summed E-state index contributed by atoms with van der Waals surface area (Å²) in [6, 6.07) is 0.580. The van der Waals surface area contributed by atoms with E-state index in [1.54, 1.807) is 0 Å². The van der Waals surface area contributed by atoms with Gasteiger partial charge in [0.1, 0.15) is 0 Å². The van der Waals surface area contributed by atoms with Crippen molar-refractivity contribution in [2.45, 2.75) is 64.8 Å². The Balaban J connectivity index is 2.19. The van der Waals surface area contributed by atoms with Crippen LogP contribution in [0.5, 0.6) is 0 Å². The van der Waals surface area contributed by atoms with E-state index in [-0.39, 0.29) is 0 Å². The maximum Gasteiger partial charge on any atom is 0.191 e. The van der Waals surface area contributed by atoms with E-state index in [0.29, 0.717) is 6.04 Å². The van der Waals surface area contributed by atoms with E-state index in [0.717, 1.165) is 19.0 Å². The third kappa shape index (κ3) is 4.03. The van der Waals surface area contributed by atoms with Crippen LogP contribution in [0, 0.1) is 0 Å². The Bertz CT molecular complexity index is 213. The highest BCUT2D eigenvalue weighted by Gasteiger charge is 2.24. The lowest BCUT2D eigenvalue weighted by molar-refractivity contribution is 0.313. The number of hydrogen-bond donors (Lipinski definition) is 1. The van der Waals surface area contributed by atoms with E-state index in [4.69, 9.17) is 5.73 Å². The Morgan fingerprint density at radius 3 is 2.62 bits per heavy atom. The first-order valence-electron chi connectivity index (χ1n) is 6.86. The van der Waals surface area contributed by atoms with Gasteiger partial charge in [0.2, 0.25) is 0 Å². The monoisotopic (exact) mass is 225 g/mol. The fourth-order valence-electron chi connectivity index (χ4n) is 2.34. The standard InChI is InChI=1S/C13H27N3/c1-3-5-6-7-8-10-16-12(9-4-2)11-15-13(16)14/h12H,3-11H2,1-2H3,(H2,14,15). The van der Waals surface area contributed by atoms with Crippen LogP contribution in [-0.4, -0.2) is 30.0 Å². The Morgan fingerprint density at radius 2 is 1.94 bits per heavy atom. The van der Waals surface area contributed by atoms with Crippen LogP contribution in [0.2, 0.25) is 0 Å². The van der Waals surface area contributed by atoms with Crippen molar-refractivity contribution in [1.82, 2.24) is 4.90 Å². The molecule has 3 nitrogen and oxygen atoms in total. The molecule has 0 aliphatic carbocycles. The molecule has 94 valence electrons. The molecule has 0 aromatic heterocycles. The first-order valence-corrected chi connectivity index (χ1v) is 6.86. The molecule has 1 aliphatic heterocycles. The van der Waals surface area contributed by atoms with Crippen molar-refractivity contribution in [2.24, 2.45) is 10.7 Å². The normalized spacial score (nSPS) is 20.2. The summed E-state index contributed by atoms with van der Waals surface area (Å²) in [5, 5.41) is 0. The largest absolute Gasteiger partial charge is 0.370 e. The predicted molar refractivity (Wildman–Crippen MR) is 70.7 cm³/mol. The number of rotatable bonds is 8. The SMILES string of the molecule is CCCCCCCN1C(N)=NCC1CCC. The van der Waals surface area contributed by atoms with Crippen molar-refractivity contribution in [2.75, 3.05) is 13.1 Å². The van der Waals surface area contributed by atoms with Gasteiger partial charge in [0, 0.05) is 6.54 Å². The van der Waals surface area contributed by atoms with E-state index in [1.807, 2.05) is 0 Å². The molecule has 0 saturated carbocycles. The molecular weight excluding hydrogens is 198 g/mol. The number of nitrogens with zero attached hydrogens (tertiary/aromatic N) is 2. The van der Waals surface area contributed by atoms with E-state index >= 15 is 0 Å². The molecule has 1 aliphatic rings. The molecule has 3 heteroatoms. The molecule has 0 fully saturated rings. The Labute approximate surface area is 100 Å². The highest BCUT2D eigenvalue weighted by Crippen LogP contribution is 2.15. The van der Waals surface area contributed by atoms with E-state index < -0.39 is 0 Å². The summed E-state index contributed by atoms with van der Waals surface area (Å²) >= 11 is 0. The van der Waals surface area contributed by atoms with Gasteiger partial charge in [0.25, 0.3) is 0 Å². The number of nitrogens with two attached hydrogens (primary N) is 1. The van der Waals surface area contributed by atoms with Gasteiger partial charge in [0.05, 0.1) is 12.6 Å². The minimum Gasteiger partial charge on any atom is -0.370 e. The average molecular weight is 225 g/mol. The van der Waals surface area contributed by atoms with Gasteiger partial charge in [-0.25, -0.2) is 0 Å². The second-order valence-corrected chi connectivity index (χ2v) is 4.75. The highest BCUT2D eigenvalue weighted by molar-refractivity contribution is 5.80. The summed E-state index contributed by atoms with van der Waals surface area (Å²) in [6.07, 6.45) is 9.07. The Hall–Kier alpha value is -0.730. The van der Waals surface area contributed by atoms with Gasteiger partial charge in [-0.2, -0.15) is 0 Å².